The second-order valence-corrected chi connectivity index (χ2v) is 7.97. The topological polar surface area (TPSA) is 76.3 Å². The van der Waals surface area contributed by atoms with Crippen molar-refractivity contribution in [2.45, 2.75) is 13.5 Å². The minimum absolute atomic E-state index is 0.190. The highest BCUT2D eigenvalue weighted by Gasteiger charge is 2.22. The third kappa shape index (κ3) is 3.86. The summed E-state index contributed by atoms with van der Waals surface area (Å²) in [6.07, 6.45) is 1.05. The van der Waals surface area contributed by atoms with Crippen LogP contribution >= 0.6 is 11.6 Å². The van der Waals surface area contributed by atoms with Crippen molar-refractivity contribution in [1.29, 1.82) is 0 Å². The van der Waals surface area contributed by atoms with Crippen molar-refractivity contribution >= 4 is 27.3 Å². The molecule has 1 heterocycles. The van der Waals surface area contributed by atoms with Gasteiger partial charge in [0.05, 0.1) is 23.5 Å². The number of rotatable bonds is 5. The van der Waals surface area contributed by atoms with Gasteiger partial charge in [0.15, 0.2) is 0 Å². The minimum Gasteiger partial charge on any atom is -0.421 e. The Labute approximate surface area is 155 Å². The van der Waals surface area contributed by atoms with Crippen molar-refractivity contribution in [1.82, 2.24) is 10.2 Å². The maximum atomic E-state index is 14.6. The molecular weight excluding hydrogens is 381 g/mol. The van der Waals surface area contributed by atoms with E-state index in [-0.39, 0.29) is 28.7 Å². The number of hydrogen-bond acceptors (Lipinski definition) is 5. The van der Waals surface area contributed by atoms with Gasteiger partial charge in [-0.15, -0.1) is 10.2 Å². The van der Waals surface area contributed by atoms with Crippen LogP contribution in [0.3, 0.4) is 0 Å². The highest BCUT2D eigenvalue weighted by molar-refractivity contribution is 7.92. The molecule has 0 aliphatic carbocycles. The van der Waals surface area contributed by atoms with Crippen LogP contribution in [0.15, 0.2) is 46.9 Å². The van der Waals surface area contributed by atoms with Crippen LogP contribution in [0.4, 0.5) is 10.1 Å². The zero-order valence-electron chi connectivity index (χ0n) is 14.0. The maximum absolute atomic E-state index is 14.6. The Morgan fingerprint density at radius 1 is 1.19 bits per heavy atom. The molecule has 0 unspecified atom stereocenters. The smallest absolute Gasteiger partial charge is 0.247 e. The molecule has 0 saturated carbocycles. The third-order valence-electron chi connectivity index (χ3n) is 3.66. The van der Waals surface area contributed by atoms with Gasteiger partial charge >= 0.3 is 0 Å². The molecule has 0 fully saturated rings. The summed E-state index contributed by atoms with van der Waals surface area (Å²) in [4.78, 5) is 0. The van der Waals surface area contributed by atoms with E-state index in [1.54, 1.807) is 37.3 Å². The van der Waals surface area contributed by atoms with E-state index < -0.39 is 15.8 Å². The Morgan fingerprint density at radius 3 is 2.50 bits per heavy atom. The number of nitrogens with zero attached hydrogens (tertiary/aromatic N) is 3. The second kappa shape index (κ2) is 7.05. The Kier molecular flexibility index (Phi) is 4.97. The van der Waals surface area contributed by atoms with Crippen LogP contribution in [-0.4, -0.2) is 24.9 Å². The lowest BCUT2D eigenvalue weighted by Crippen LogP contribution is -2.30. The van der Waals surface area contributed by atoms with Gasteiger partial charge in [-0.25, -0.2) is 12.8 Å². The van der Waals surface area contributed by atoms with E-state index in [1.165, 1.54) is 12.1 Å². The summed E-state index contributed by atoms with van der Waals surface area (Å²) in [6, 6.07) is 10.8. The molecule has 9 heteroatoms. The van der Waals surface area contributed by atoms with Gasteiger partial charge in [-0.2, -0.15) is 0 Å². The molecule has 0 aliphatic heterocycles. The van der Waals surface area contributed by atoms with Gasteiger partial charge in [-0.1, -0.05) is 29.8 Å². The molecule has 0 bridgehead atoms. The van der Waals surface area contributed by atoms with Crippen molar-refractivity contribution in [3.05, 3.63) is 64.8 Å². The minimum atomic E-state index is -3.67. The molecule has 0 radical (unpaired) electrons. The lowest BCUT2D eigenvalue weighted by molar-refractivity contribution is 0.531. The lowest BCUT2D eigenvalue weighted by Gasteiger charge is -2.23. The van der Waals surface area contributed by atoms with Gasteiger partial charge in [-0.3, -0.25) is 4.31 Å². The monoisotopic (exact) mass is 395 g/mol. The van der Waals surface area contributed by atoms with E-state index in [4.69, 9.17) is 16.0 Å². The number of anilines is 1. The Morgan fingerprint density at radius 2 is 1.92 bits per heavy atom. The molecule has 136 valence electrons. The Hall–Kier alpha value is -2.45. The number of halogens is 2. The van der Waals surface area contributed by atoms with Crippen molar-refractivity contribution in [3.8, 4) is 11.5 Å². The molecule has 26 heavy (non-hydrogen) atoms. The average molecular weight is 396 g/mol. The first-order valence-corrected chi connectivity index (χ1v) is 9.79. The zero-order valence-corrected chi connectivity index (χ0v) is 15.6. The van der Waals surface area contributed by atoms with E-state index in [0.717, 1.165) is 10.6 Å². The molecule has 0 spiro atoms. The maximum Gasteiger partial charge on any atom is 0.247 e. The zero-order chi connectivity index (χ0) is 18.9. The lowest BCUT2D eigenvalue weighted by atomic mass is 10.1. The summed E-state index contributed by atoms with van der Waals surface area (Å²) in [5.41, 5.74) is 0.888. The average Bonchev–Trinajstić information content (AvgIpc) is 3.00. The first-order chi connectivity index (χ1) is 12.3. The highest BCUT2D eigenvalue weighted by Crippen LogP contribution is 2.30. The number of sulfonamides is 1. The molecule has 0 N–H and O–H groups in total. The van der Waals surface area contributed by atoms with Gasteiger partial charge < -0.3 is 4.42 Å². The van der Waals surface area contributed by atoms with Crippen LogP contribution in [0, 0.1) is 12.7 Å². The first-order valence-electron chi connectivity index (χ1n) is 7.57. The van der Waals surface area contributed by atoms with Crippen molar-refractivity contribution < 1.29 is 17.2 Å². The predicted octanol–water partition coefficient (Wildman–Crippen LogP) is 3.80. The summed E-state index contributed by atoms with van der Waals surface area (Å²) in [6.45, 7) is 1.44. The van der Waals surface area contributed by atoms with Gasteiger partial charge in [0.2, 0.25) is 21.8 Å². The SMILES string of the molecule is Cc1nnc(-c2ccc(CN(c3ccccc3Cl)S(C)(=O)=O)c(F)c2)o1. The largest absolute Gasteiger partial charge is 0.421 e. The van der Waals surface area contributed by atoms with Gasteiger partial charge in [0.25, 0.3) is 0 Å². The summed E-state index contributed by atoms with van der Waals surface area (Å²) in [5.74, 6) is -0.0236. The van der Waals surface area contributed by atoms with E-state index in [9.17, 15) is 12.8 Å². The molecule has 3 rings (SSSR count). The summed E-state index contributed by atoms with van der Waals surface area (Å²) in [7, 11) is -3.67. The summed E-state index contributed by atoms with van der Waals surface area (Å²) < 4.78 is 45.3. The van der Waals surface area contributed by atoms with E-state index in [2.05, 4.69) is 10.2 Å². The predicted molar refractivity (Wildman–Crippen MR) is 96.9 cm³/mol. The van der Waals surface area contributed by atoms with E-state index >= 15 is 0 Å². The normalized spacial score (nSPS) is 11.5. The summed E-state index contributed by atoms with van der Waals surface area (Å²) >= 11 is 6.11. The molecule has 2 aromatic carbocycles. The Bertz CT molecular complexity index is 1050. The fourth-order valence-electron chi connectivity index (χ4n) is 2.41. The Balaban J connectivity index is 1.96. The third-order valence-corrected chi connectivity index (χ3v) is 5.11. The second-order valence-electron chi connectivity index (χ2n) is 5.65. The van der Waals surface area contributed by atoms with Crippen LogP contribution in [0.5, 0.6) is 0 Å². The van der Waals surface area contributed by atoms with Crippen LogP contribution in [0.1, 0.15) is 11.5 Å². The molecule has 0 amide bonds. The van der Waals surface area contributed by atoms with Gasteiger partial charge in [0.1, 0.15) is 5.82 Å². The van der Waals surface area contributed by atoms with Gasteiger partial charge in [0, 0.05) is 18.1 Å². The fraction of sp³-hybridized carbons (Fsp3) is 0.176. The van der Waals surface area contributed by atoms with Gasteiger partial charge in [-0.05, 0) is 24.3 Å². The molecule has 1 aromatic heterocycles. The van der Waals surface area contributed by atoms with Crippen LogP contribution < -0.4 is 4.31 Å². The summed E-state index contributed by atoms with van der Waals surface area (Å²) in [5, 5.41) is 7.80. The quantitative estimate of drug-likeness (QED) is 0.656. The van der Waals surface area contributed by atoms with Crippen molar-refractivity contribution in [3.63, 3.8) is 0 Å². The first kappa shape index (κ1) is 18.3. The highest BCUT2D eigenvalue weighted by atomic mass is 35.5. The van der Waals surface area contributed by atoms with Crippen LogP contribution in [-0.2, 0) is 16.6 Å². The number of para-hydroxylation sites is 1. The molecule has 0 atom stereocenters. The molecule has 0 saturated heterocycles. The standard InChI is InChI=1S/C17H15ClFN3O3S/c1-11-20-21-17(25-11)12-7-8-13(15(19)9-12)10-22(26(2,23)24)16-6-4-3-5-14(16)18/h3-9H,10H2,1-2H3. The molecule has 3 aromatic rings. The number of benzene rings is 2. The van der Waals surface area contributed by atoms with E-state index in [1.807, 2.05) is 0 Å². The number of aromatic nitrogens is 2. The molecule has 6 nitrogen and oxygen atoms in total. The molecule has 0 aliphatic rings. The van der Waals surface area contributed by atoms with E-state index in [0.29, 0.717) is 11.5 Å². The molecular formula is C17H15ClFN3O3S. The van der Waals surface area contributed by atoms with Crippen molar-refractivity contribution in [2.24, 2.45) is 0 Å². The van der Waals surface area contributed by atoms with Crippen LogP contribution in [0.2, 0.25) is 5.02 Å². The van der Waals surface area contributed by atoms with Crippen molar-refractivity contribution in [2.75, 3.05) is 10.6 Å². The van der Waals surface area contributed by atoms with Crippen LogP contribution in [0.25, 0.3) is 11.5 Å². The fourth-order valence-corrected chi connectivity index (χ4v) is 3.59. The number of aryl methyl sites for hydroxylation is 1. The number of hydrogen-bond donors (Lipinski definition) is 0.